The molecule has 0 spiro atoms. The molecule has 1 rings (SSSR count). The van der Waals surface area contributed by atoms with Gasteiger partial charge >= 0.3 is 0 Å². The van der Waals surface area contributed by atoms with Gasteiger partial charge in [0.25, 0.3) is 0 Å². The van der Waals surface area contributed by atoms with Crippen molar-refractivity contribution in [1.29, 1.82) is 0 Å². The van der Waals surface area contributed by atoms with Crippen molar-refractivity contribution in [3.63, 3.8) is 0 Å². The number of carbonyl (C=O) groups is 1. The van der Waals surface area contributed by atoms with Crippen molar-refractivity contribution in [3.8, 4) is 0 Å². The summed E-state index contributed by atoms with van der Waals surface area (Å²) in [6.45, 7) is 3.83. The minimum Gasteiger partial charge on any atom is -0.294 e. The fraction of sp³-hybridized carbons (Fsp3) is 0.300. The third kappa shape index (κ3) is 1.89. The summed E-state index contributed by atoms with van der Waals surface area (Å²) >= 11 is 4.22. The van der Waals surface area contributed by atoms with Crippen LogP contribution in [0.2, 0.25) is 0 Å². The summed E-state index contributed by atoms with van der Waals surface area (Å²) < 4.78 is 0. The SMILES string of the molecule is CCC(=O)c1cc(C)ccc1S. The molecule has 64 valence electrons. The molecule has 0 heterocycles. The van der Waals surface area contributed by atoms with Gasteiger partial charge in [0.2, 0.25) is 0 Å². The van der Waals surface area contributed by atoms with Crippen LogP contribution >= 0.6 is 12.6 Å². The first-order chi connectivity index (χ1) is 5.65. The molecule has 1 aromatic rings. The van der Waals surface area contributed by atoms with E-state index in [9.17, 15) is 4.79 Å². The highest BCUT2D eigenvalue weighted by Crippen LogP contribution is 2.16. The van der Waals surface area contributed by atoms with Gasteiger partial charge in [0.1, 0.15) is 0 Å². The summed E-state index contributed by atoms with van der Waals surface area (Å²) in [6, 6.07) is 5.70. The van der Waals surface area contributed by atoms with Gasteiger partial charge in [0.15, 0.2) is 5.78 Å². The zero-order valence-electron chi connectivity index (χ0n) is 7.29. The molecule has 0 saturated heterocycles. The molecular weight excluding hydrogens is 168 g/mol. The van der Waals surface area contributed by atoms with Gasteiger partial charge in [-0.05, 0) is 19.1 Å². The lowest BCUT2D eigenvalue weighted by Crippen LogP contribution is -1.98. The third-order valence-electron chi connectivity index (χ3n) is 1.77. The quantitative estimate of drug-likeness (QED) is 0.547. The summed E-state index contributed by atoms with van der Waals surface area (Å²) in [5.74, 6) is 0.156. The van der Waals surface area contributed by atoms with Crippen LogP contribution in [0.15, 0.2) is 23.1 Å². The van der Waals surface area contributed by atoms with Crippen LogP contribution in [0.25, 0.3) is 0 Å². The van der Waals surface area contributed by atoms with Gasteiger partial charge in [-0.15, -0.1) is 12.6 Å². The molecule has 0 amide bonds. The maximum absolute atomic E-state index is 11.3. The van der Waals surface area contributed by atoms with Crippen molar-refractivity contribution in [2.45, 2.75) is 25.2 Å². The summed E-state index contributed by atoms with van der Waals surface area (Å²) in [7, 11) is 0. The lowest BCUT2D eigenvalue weighted by atomic mass is 10.1. The van der Waals surface area contributed by atoms with Crippen LogP contribution in [0, 0.1) is 6.92 Å². The molecule has 0 N–H and O–H groups in total. The Morgan fingerprint density at radius 1 is 1.50 bits per heavy atom. The number of ketones is 1. The Kier molecular flexibility index (Phi) is 2.93. The number of hydrogen-bond donors (Lipinski definition) is 1. The van der Waals surface area contributed by atoms with Gasteiger partial charge in [-0.2, -0.15) is 0 Å². The van der Waals surface area contributed by atoms with Crippen LogP contribution in [0.5, 0.6) is 0 Å². The van der Waals surface area contributed by atoms with Crippen molar-refractivity contribution in [2.24, 2.45) is 0 Å². The lowest BCUT2D eigenvalue weighted by molar-refractivity contribution is 0.0985. The summed E-state index contributed by atoms with van der Waals surface area (Å²) in [6.07, 6.45) is 0.539. The highest BCUT2D eigenvalue weighted by Gasteiger charge is 2.06. The van der Waals surface area contributed by atoms with E-state index in [1.807, 2.05) is 32.0 Å². The van der Waals surface area contributed by atoms with Crippen LogP contribution in [-0.2, 0) is 0 Å². The third-order valence-corrected chi connectivity index (χ3v) is 2.16. The Bertz CT molecular complexity index is 305. The summed E-state index contributed by atoms with van der Waals surface area (Å²) in [5.41, 5.74) is 1.84. The van der Waals surface area contributed by atoms with Crippen LogP contribution in [-0.4, -0.2) is 5.78 Å². The first-order valence-corrected chi connectivity index (χ1v) is 4.42. The summed E-state index contributed by atoms with van der Waals surface area (Å²) in [5, 5.41) is 0. The van der Waals surface area contributed by atoms with Crippen LogP contribution in [0.3, 0.4) is 0 Å². The van der Waals surface area contributed by atoms with E-state index in [1.165, 1.54) is 0 Å². The van der Waals surface area contributed by atoms with Crippen molar-refractivity contribution in [2.75, 3.05) is 0 Å². The maximum Gasteiger partial charge on any atom is 0.163 e. The van der Waals surface area contributed by atoms with Gasteiger partial charge in [0, 0.05) is 16.9 Å². The second kappa shape index (κ2) is 3.76. The van der Waals surface area contributed by atoms with E-state index >= 15 is 0 Å². The van der Waals surface area contributed by atoms with Gasteiger partial charge < -0.3 is 0 Å². The van der Waals surface area contributed by atoms with E-state index in [0.717, 1.165) is 16.0 Å². The molecule has 0 bridgehead atoms. The number of aryl methyl sites for hydroxylation is 1. The molecule has 0 radical (unpaired) electrons. The predicted molar refractivity (Wildman–Crippen MR) is 53.1 cm³/mol. The average molecular weight is 180 g/mol. The second-order valence-electron chi connectivity index (χ2n) is 2.80. The number of Topliss-reactive ketones (excluding diaryl/α,β-unsaturated/α-hetero) is 1. The molecule has 0 unspecified atom stereocenters. The largest absolute Gasteiger partial charge is 0.294 e. The molecule has 12 heavy (non-hydrogen) atoms. The number of hydrogen-bond acceptors (Lipinski definition) is 2. The van der Waals surface area contributed by atoms with Crippen LogP contribution in [0.4, 0.5) is 0 Å². The Balaban J connectivity index is 3.13. The van der Waals surface area contributed by atoms with Crippen molar-refractivity contribution >= 4 is 18.4 Å². The second-order valence-corrected chi connectivity index (χ2v) is 3.28. The minimum atomic E-state index is 0.156. The van der Waals surface area contributed by atoms with Crippen molar-refractivity contribution in [3.05, 3.63) is 29.3 Å². The fourth-order valence-corrected chi connectivity index (χ4v) is 1.33. The monoisotopic (exact) mass is 180 g/mol. The molecule has 0 aliphatic carbocycles. The Morgan fingerprint density at radius 3 is 2.75 bits per heavy atom. The lowest BCUT2D eigenvalue weighted by Gasteiger charge is -2.02. The molecule has 1 nitrogen and oxygen atoms in total. The molecule has 0 aliphatic rings. The minimum absolute atomic E-state index is 0.156. The first-order valence-electron chi connectivity index (χ1n) is 3.98. The molecule has 1 aromatic carbocycles. The van der Waals surface area contributed by atoms with E-state index in [4.69, 9.17) is 0 Å². The first kappa shape index (κ1) is 9.33. The molecule has 0 aliphatic heterocycles. The Morgan fingerprint density at radius 2 is 2.17 bits per heavy atom. The van der Waals surface area contributed by atoms with E-state index in [-0.39, 0.29) is 5.78 Å². The van der Waals surface area contributed by atoms with Crippen LogP contribution in [0.1, 0.15) is 29.3 Å². The number of carbonyl (C=O) groups excluding carboxylic acids is 1. The van der Waals surface area contributed by atoms with E-state index in [0.29, 0.717) is 6.42 Å². The molecular formula is C10H12OS. The molecule has 0 atom stereocenters. The standard InChI is InChI=1S/C10H12OS/c1-3-9(11)8-6-7(2)4-5-10(8)12/h4-6,12H,3H2,1-2H3. The maximum atomic E-state index is 11.3. The number of thiol groups is 1. The predicted octanol–water partition coefficient (Wildman–Crippen LogP) is 2.88. The van der Waals surface area contributed by atoms with E-state index in [2.05, 4.69) is 12.6 Å². The fourth-order valence-electron chi connectivity index (χ4n) is 1.06. The van der Waals surface area contributed by atoms with Gasteiger partial charge in [-0.25, -0.2) is 0 Å². The summed E-state index contributed by atoms with van der Waals surface area (Å²) in [4.78, 5) is 12.1. The van der Waals surface area contributed by atoms with Gasteiger partial charge in [0.05, 0.1) is 0 Å². The molecule has 0 aromatic heterocycles. The van der Waals surface area contributed by atoms with E-state index in [1.54, 1.807) is 0 Å². The molecule has 0 saturated carbocycles. The number of benzene rings is 1. The Labute approximate surface area is 78.2 Å². The van der Waals surface area contributed by atoms with Crippen molar-refractivity contribution in [1.82, 2.24) is 0 Å². The smallest absolute Gasteiger partial charge is 0.163 e. The molecule has 0 fully saturated rings. The van der Waals surface area contributed by atoms with Gasteiger partial charge in [-0.3, -0.25) is 4.79 Å². The number of rotatable bonds is 2. The highest BCUT2D eigenvalue weighted by atomic mass is 32.1. The van der Waals surface area contributed by atoms with Crippen molar-refractivity contribution < 1.29 is 4.79 Å². The van der Waals surface area contributed by atoms with E-state index < -0.39 is 0 Å². The van der Waals surface area contributed by atoms with Crippen LogP contribution < -0.4 is 0 Å². The molecule has 2 heteroatoms. The zero-order chi connectivity index (χ0) is 9.14. The average Bonchev–Trinajstić information content (AvgIpc) is 2.08. The normalized spacial score (nSPS) is 9.92. The Hall–Kier alpha value is -0.760. The topological polar surface area (TPSA) is 17.1 Å². The van der Waals surface area contributed by atoms with Gasteiger partial charge in [-0.1, -0.05) is 18.6 Å². The highest BCUT2D eigenvalue weighted by molar-refractivity contribution is 7.80. The zero-order valence-corrected chi connectivity index (χ0v) is 8.19.